The van der Waals surface area contributed by atoms with E-state index in [9.17, 15) is 18.3 Å². The first-order valence-electron chi connectivity index (χ1n) is 5.36. The third kappa shape index (κ3) is 2.91. The lowest BCUT2D eigenvalue weighted by molar-refractivity contribution is -0.153. The van der Waals surface area contributed by atoms with Gasteiger partial charge in [0, 0.05) is 5.41 Å². The highest BCUT2D eigenvalue weighted by atomic mass is 19.4. The van der Waals surface area contributed by atoms with Crippen molar-refractivity contribution in [2.45, 2.75) is 24.4 Å². The Morgan fingerprint density at radius 2 is 1.76 bits per heavy atom. The zero-order chi connectivity index (χ0) is 12.5. The molecule has 0 unspecified atom stereocenters. The molecule has 94 valence electrons. The van der Waals surface area contributed by atoms with E-state index < -0.39 is 12.8 Å². The molecule has 1 fully saturated rings. The molecule has 1 aromatic rings. The van der Waals surface area contributed by atoms with Gasteiger partial charge in [-0.3, -0.25) is 0 Å². The minimum Gasteiger partial charge on any atom is -0.484 e. The molecule has 5 heteroatoms. The summed E-state index contributed by atoms with van der Waals surface area (Å²) in [6, 6.07) is 6.46. The lowest BCUT2D eigenvalue weighted by atomic mass is 9.97. The molecule has 0 spiro atoms. The highest BCUT2D eigenvalue weighted by Crippen LogP contribution is 2.47. The number of alkyl halides is 3. The van der Waals surface area contributed by atoms with Crippen LogP contribution in [0.1, 0.15) is 18.4 Å². The van der Waals surface area contributed by atoms with Crippen molar-refractivity contribution in [1.82, 2.24) is 0 Å². The number of hydrogen-bond acceptors (Lipinski definition) is 2. The average Bonchev–Trinajstić information content (AvgIpc) is 3.07. The first-order chi connectivity index (χ1) is 7.95. The Balaban J connectivity index is 1.99. The molecule has 2 rings (SSSR count). The molecule has 2 nitrogen and oxygen atoms in total. The fourth-order valence-electron chi connectivity index (χ4n) is 1.76. The smallest absolute Gasteiger partial charge is 0.422 e. The number of ether oxygens (including phenoxy) is 1. The van der Waals surface area contributed by atoms with Gasteiger partial charge in [-0.25, -0.2) is 0 Å². The zero-order valence-corrected chi connectivity index (χ0v) is 9.13. The molecule has 0 bridgehead atoms. The van der Waals surface area contributed by atoms with Crippen LogP contribution in [0.25, 0.3) is 0 Å². The second kappa shape index (κ2) is 4.22. The van der Waals surface area contributed by atoms with Crippen LogP contribution in [0.5, 0.6) is 5.75 Å². The highest BCUT2D eigenvalue weighted by molar-refractivity contribution is 5.36. The Kier molecular flexibility index (Phi) is 3.03. The quantitative estimate of drug-likeness (QED) is 0.885. The lowest BCUT2D eigenvalue weighted by Crippen LogP contribution is -2.19. The van der Waals surface area contributed by atoms with E-state index in [1.807, 2.05) is 0 Å². The summed E-state index contributed by atoms with van der Waals surface area (Å²) in [6.07, 6.45) is -2.47. The van der Waals surface area contributed by atoms with E-state index in [1.54, 1.807) is 12.1 Å². The minimum absolute atomic E-state index is 0.0791. The SMILES string of the molecule is OCC1(c2ccc(OCC(F)(F)F)cc2)CC1. The van der Waals surface area contributed by atoms with Gasteiger partial charge in [0.2, 0.25) is 0 Å². The van der Waals surface area contributed by atoms with Crippen molar-refractivity contribution in [2.24, 2.45) is 0 Å². The van der Waals surface area contributed by atoms with Crippen molar-refractivity contribution in [3.05, 3.63) is 29.8 Å². The largest absolute Gasteiger partial charge is 0.484 e. The van der Waals surface area contributed by atoms with Gasteiger partial charge in [-0.05, 0) is 30.5 Å². The van der Waals surface area contributed by atoms with Gasteiger partial charge >= 0.3 is 6.18 Å². The van der Waals surface area contributed by atoms with Gasteiger partial charge in [-0.1, -0.05) is 12.1 Å². The molecule has 0 aliphatic heterocycles. The summed E-state index contributed by atoms with van der Waals surface area (Å²) in [5.74, 6) is 0.194. The molecule has 17 heavy (non-hydrogen) atoms. The van der Waals surface area contributed by atoms with Gasteiger partial charge in [0.05, 0.1) is 6.61 Å². The van der Waals surface area contributed by atoms with Gasteiger partial charge in [-0.2, -0.15) is 13.2 Å². The van der Waals surface area contributed by atoms with Crippen molar-refractivity contribution in [2.75, 3.05) is 13.2 Å². The van der Waals surface area contributed by atoms with Crippen LogP contribution in [-0.2, 0) is 5.41 Å². The second-order valence-corrected chi connectivity index (χ2v) is 4.37. The first kappa shape index (κ1) is 12.2. The van der Waals surface area contributed by atoms with E-state index in [-0.39, 0.29) is 17.8 Å². The number of aliphatic hydroxyl groups is 1. The van der Waals surface area contributed by atoms with Crippen LogP contribution in [-0.4, -0.2) is 24.5 Å². The molecule has 1 aromatic carbocycles. The van der Waals surface area contributed by atoms with Gasteiger partial charge < -0.3 is 9.84 Å². The maximum Gasteiger partial charge on any atom is 0.422 e. The van der Waals surface area contributed by atoms with Crippen LogP contribution in [0.4, 0.5) is 13.2 Å². The first-order valence-corrected chi connectivity index (χ1v) is 5.36. The van der Waals surface area contributed by atoms with E-state index in [1.165, 1.54) is 12.1 Å². The highest BCUT2D eigenvalue weighted by Gasteiger charge is 2.43. The van der Waals surface area contributed by atoms with Crippen molar-refractivity contribution < 1.29 is 23.0 Å². The number of rotatable bonds is 4. The third-order valence-electron chi connectivity index (χ3n) is 3.03. The summed E-state index contributed by atoms with van der Waals surface area (Å²) in [6.45, 7) is -1.20. The Morgan fingerprint density at radius 3 is 2.18 bits per heavy atom. The van der Waals surface area contributed by atoms with Crippen LogP contribution in [0.15, 0.2) is 24.3 Å². The fourth-order valence-corrected chi connectivity index (χ4v) is 1.76. The molecule has 1 saturated carbocycles. The van der Waals surface area contributed by atoms with Crippen molar-refractivity contribution in [3.8, 4) is 5.75 Å². The predicted octanol–water partition coefficient (Wildman–Crippen LogP) is 2.65. The predicted molar refractivity (Wildman–Crippen MR) is 56.0 cm³/mol. The zero-order valence-electron chi connectivity index (χ0n) is 9.13. The third-order valence-corrected chi connectivity index (χ3v) is 3.03. The Morgan fingerprint density at radius 1 is 1.18 bits per heavy atom. The summed E-state index contributed by atoms with van der Waals surface area (Å²) in [7, 11) is 0. The van der Waals surface area contributed by atoms with E-state index in [4.69, 9.17) is 0 Å². The minimum atomic E-state index is -4.32. The van der Waals surface area contributed by atoms with Gasteiger partial charge in [0.15, 0.2) is 6.61 Å². The lowest BCUT2D eigenvalue weighted by Gasteiger charge is -2.13. The van der Waals surface area contributed by atoms with E-state index in [0.717, 1.165) is 18.4 Å². The molecule has 0 saturated heterocycles. The summed E-state index contributed by atoms with van der Waals surface area (Å²) >= 11 is 0. The second-order valence-electron chi connectivity index (χ2n) is 4.37. The van der Waals surface area contributed by atoms with Gasteiger partial charge in [0.25, 0.3) is 0 Å². The maximum absolute atomic E-state index is 11.9. The van der Waals surface area contributed by atoms with Crippen LogP contribution >= 0.6 is 0 Å². The van der Waals surface area contributed by atoms with E-state index >= 15 is 0 Å². The molecule has 0 radical (unpaired) electrons. The van der Waals surface area contributed by atoms with E-state index in [2.05, 4.69) is 4.74 Å². The fraction of sp³-hybridized carbons (Fsp3) is 0.500. The normalized spacial score (nSPS) is 17.9. The number of halogens is 3. The molecule has 0 heterocycles. The van der Waals surface area contributed by atoms with Crippen LogP contribution < -0.4 is 4.74 Å². The topological polar surface area (TPSA) is 29.5 Å². The molecule has 1 aliphatic carbocycles. The Labute approximate surface area is 97.0 Å². The van der Waals surface area contributed by atoms with Gasteiger partial charge in [0.1, 0.15) is 5.75 Å². The van der Waals surface area contributed by atoms with Crippen LogP contribution in [0, 0.1) is 0 Å². The molecule has 1 aliphatic rings. The van der Waals surface area contributed by atoms with Crippen LogP contribution in [0.2, 0.25) is 0 Å². The summed E-state index contributed by atoms with van der Waals surface area (Å²) in [5, 5.41) is 9.21. The van der Waals surface area contributed by atoms with Crippen molar-refractivity contribution >= 4 is 0 Å². The Bertz CT molecular complexity index is 380. The van der Waals surface area contributed by atoms with Crippen molar-refractivity contribution in [1.29, 1.82) is 0 Å². The molecule has 0 amide bonds. The monoisotopic (exact) mass is 246 g/mol. The average molecular weight is 246 g/mol. The van der Waals surface area contributed by atoms with Crippen molar-refractivity contribution in [3.63, 3.8) is 0 Å². The number of hydrogen-bond donors (Lipinski definition) is 1. The summed E-state index contributed by atoms with van der Waals surface area (Å²) in [4.78, 5) is 0. The summed E-state index contributed by atoms with van der Waals surface area (Å²) < 4.78 is 40.4. The summed E-state index contributed by atoms with van der Waals surface area (Å²) in [5.41, 5.74) is 0.794. The standard InChI is InChI=1S/C12H13F3O2/c13-12(14,15)8-17-10-3-1-9(2-4-10)11(7-16)5-6-11/h1-4,16H,5-8H2. The van der Waals surface area contributed by atoms with Crippen LogP contribution in [0.3, 0.4) is 0 Å². The molecule has 1 N–H and O–H groups in total. The molecular formula is C12H13F3O2. The van der Waals surface area contributed by atoms with E-state index in [0.29, 0.717) is 0 Å². The Hall–Kier alpha value is -1.23. The molecule has 0 atom stereocenters. The number of benzene rings is 1. The molecule has 0 aromatic heterocycles. The number of aliphatic hydroxyl groups excluding tert-OH is 1. The molecular weight excluding hydrogens is 233 g/mol. The van der Waals surface area contributed by atoms with Gasteiger partial charge in [-0.15, -0.1) is 0 Å². The maximum atomic E-state index is 11.9.